The smallest absolute Gasteiger partial charge is 0.333 e. The highest BCUT2D eigenvalue weighted by molar-refractivity contribution is 5.93. The number of fused-ring (bicyclic) bond motifs is 3. The number of halogens is 1. The molecule has 47 heavy (non-hydrogen) atoms. The van der Waals surface area contributed by atoms with Crippen molar-refractivity contribution in [2.24, 2.45) is 0 Å². The molecule has 0 saturated carbocycles. The molecular weight excluding hydrogens is 597 g/mol. The van der Waals surface area contributed by atoms with Gasteiger partial charge in [0.05, 0.1) is 25.9 Å². The zero-order valence-corrected chi connectivity index (χ0v) is 25.5. The molecule has 4 aromatic carbocycles. The van der Waals surface area contributed by atoms with Crippen molar-refractivity contribution in [3.8, 4) is 12.3 Å². The summed E-state index contributed by atoms with van der Waals surface area (Å²) >= 11 is 0. The topological polar surface area (TPSA) is 89.3 Å². The van der Waals surface area contributed by atoms with Gasteiger partial charge in [-0.05, 0) is 57.8 Å². The normalized spacial score (nSPS) is 18.0. The number of nitrogens with zero attached hydrogens (tertiary/aromatic N) is 4. The standard InChI is InChI=1S/C37H32FN5O4/c1-2-17-41(37(46)39-21-25-10-13-30(38)14-11-25)42-24-35(44)43-32(20-26-12-15-33-28(19-26)16-18-47-33)36(45)40(23-34(42)43)22-29-8-5-7-27-6-3-4-9-31(27)29/h1,3-16,18-19,32,34H,17,20-24H2,(H,39,46)/t32-,34+/m0/s1. The molecule has 2 fully saturated rings. The summed E-state index contributed by atoms with van der Waals surface area (Å²) in [5, 5.41) is 8.88. The van der Waals surface area contributed by atoms with E-state index in [2.05, 4.69) is 11.2 Å². The van der Waals surface area contributed by atoms with Crippen LogP contribution in [0.4, 0.5) is 9.18 Å². The van der Waals surface area contributed by atoms with Gasteiger partial charge >= 0.3 is 6.03 Å². The fourth-order valence-corrected chi connectivity index (χ4v) is 6.63. The van der Waals surface area contributed by atoms with Crippen molar-refractivity contribution < 1.29 is 23.2 Å². The molecule has 10 heteroatoms. The Morgan fingerprint density at radius 1 is 0.979 bits per heavy atom. The summed E-state index contributed by atoms with van der Waals surface area (Å²) in [7, 11) is 0. The van der Waals surface area contributed by atoms with Crippen molar-refractivity contribution in [1.29, 1.82) is 0 Å². The van der Waals surface area contributed by atoms with Crippen LogP contribution in [-0.2, 0) is 29.1 Å². The van der Waals surface area contributed by atoms with Gasteiger partial charge < -0.3 is 19.5 Å². The van der Waals surface area contributed by atoms with Gasteiger partial charge in [-0.3, -0.25) is 9.59 Å². The van der Waals surface area contributed by atoms with Crippen LogP contribution in [0.2, 0.25) is 0 Å². The highest BCUT2D eigenvalue weighted by Crippen LogP contribution is 2.32. The van der Waals surface area contributed by atoms with Gasteiger partial charge in [0.2, 0.25) is 11.8 Å². The maximum absolute atomic E-state index is 14.3. The van der Waals surface area contributed by atoms with E-state index in [-0.39, 0.29) is 50.2 Å². The molecule has 7 rings (SSSR count). The highest BCUT2D eigenvalue weighted by atomic mass is 19.1. The van der Waals surface area contributed by atoms with Gasteiger partial charge in [0.1, 0.15) is 23.6 Å². The summed E-state index contributed by atoms with van der Waals surface area (Å²) in [4.78, 5) is 45.1. The van der Waals surface area contributed by atoms with E-state index in [0.29, 0.717) is 12.1 Å². The first-order valence-electron chi connectivity index (χ1n) is 15.4. The van der Waals surface area contributed by atoms with Gasteiger partial charge in [-0.15, -0.1) is 6.42 Å². The second-order valence-corrected chi connectivity index (χ2v) is 11.8. The molecule has 4 amide bonds. The number of hydrogen-bond donors (Lipinski definition) is 1. The molecule has 0 spiro atoms. The third-order valence-corrected chi connectivity index (χ3v) is 8.90. The van der Waals surface area contributed by atoms with E-state index in [1.807, 2.05) is 66.7 Å². The molecular formula is C37H32FN5O4. The maximum Gasteiger partial charge on any atom is 0.333 e. The lowest BCUT2D eigenvalue weighted by Crippen LogP contribution is -2.66. The number of urea groups is 1. The molecule has 0 unspecified atom stereocenters. The average molecular weight is 630 g/mol. The second-order valence-electron chi connectivity index (χ2n) is 11.8. The Kier molecular flexibility index (Phi) is 8.06. The van der Waals surface area contributed by atoms with Crippen LogP contribution in [0.25, 0.3) is 21.7 Å². The second kappa shape index (κ2) is 12.6. The largest absolute Gasteiger partial charge is 0.464 e. The van der Waals surface area contributed by atoms with Crippen LogP contribution in [0.3, 0.4) is 0 Å². The minimum atomic E-state index is -0.805. The van der Waals surface area contributed by atoms with E-state index < -0.39 is 18.2 Å². The number of amides is 4. The van der Waals surface area contributed by atoms with Gasteiger partial charge in [-0.25, -0.2) is 14.2 Å². The third kappa shape index (κ3) is 5.89. The summed E-state index contributed by atoms with van der Waals surface area (Å²) in [6, 6.07) is 26.2. The van der Waals surface area contributed by atoms with Gasteiger partial charge in [0.15, 0.2) is 0 Å². The summed E-state index contributed by atoms with van der Waals surface area (Å²) in [5.74, 6) is 1.74. The van der Waals surface area contributed by atoms with Crippen molar-refractivity contribution >= 4 is 39.6 Å². The number of nitrogens with one attached hydrogen (secondary N) is 1. The van der Waals surface area contributed by atoms with Crippen LogP contribution in [0.5, 0.6) is 0 Å². The van der Waals surface area contributed by atoms with Crippen LogP contribution in [0.15, 0.2) is 102 Å². The van der Waals surface area contributed by atoms with Crippen LogP contribution >= 0.6 is 0 Å². The molecule has 0 aliphatic carbocycles. The molecule has 3 heterocycles. The molecule has 236 valence electrons. The number of rotatable bonds is 8. The minimum absolute atomic E-state index is 0.0913. The third-order valence-electron chi connectivity index (χ3n) is 8.90. The number of carbonyl (C=O) groups is 3. The van der Waals surface area contributed by atoms with Crippen molar-refractivity contribution in [3.05, 3.63) is 120 Å². The lowest BCUT2D eigenvalue weighted by Gasteiger charge is -2.46. The summed E-state index contributed by atoms with van der Waals surface area (Å²) in [6.45, 7) is 0.434. The number of benzene rings is 4. The molecule has 2 atom stereocenters. The zero-order valence-electron chi connectivity index (χ0n) is 25.5. The van der Waals surface area contributed by atoms with E-state index in [0.717, 1.165) is 32.9 Å². The van der Waals surface area contributed by atoms with Crippen LogP contribution < -0.4 is 5.32 Å². The van der Waals surface area contributed by atoms with Gasteiger partial charge in [0, 0.05) is 24.9 Å². The predicted octanol–water partition coefficient (Wildman–Crippen LogP) is 4.91. The molecule has 1 N–H and O–H groups in total. The molecule has 9 nitrogen and oxygen atoms in total. The highest BCUT2D eigenvalue weighted by Gasteiger charge is 2.52. The summed E-state index contributed by atoms with van der Waals surface area (Å²) in [6.07, 6.45) is 6.99. The SMILES string of the molecule is C#CCN(C(=O)NCc1ccc(F)cc1)N1CC(=O)N2[C@@H](Cc3ccc4occc4c3)C(=O)N(Cc3cccc4ccccc34)C[C@@H]21. The van der Waals surface area contributed by atoms with Crippen molar-refractivity contribution in [2.45, 2.75) is 31.7 Å². The van der Waals surface area contributed by atoms with Crippen molar-refractivity contribution in [2.75, 3.05) is 19.6 Å². The van der Waals surface area contributed by atoms with Crippen LogP contribution in [0.1, 0.15) is 16.7 Å². The van der Waals surface area contributed by atoms with E-state index >= 15 is 0 Å². The quantitative estimate of drug-likeness (QED) is 0.247. The fourth-order valence-electron chi connectivity index (χ4n) is 6.63. The molecule has 0 bridgehead atoms. The zero-order chi connectivity index (χ0) is 32.5. The van der Waals surface area contributed by atoms with E-state index in [1.165, 1.54) is 17.1 Å². The van der Waals surface area contributed by atoms with Gasteiger partial charge in [-0.2, -0.15) is 5.01 Å². The molecule has 5 aromatic rings. The molecule has 1 aromatic heterocycles. The number of carbonyl (C=O) groups excluding carboxylic acids is 3. The van der Waals surface area contributed by atoms with E-state index in [4.69, 9.17) is 10.8 Å². The Bertz CT molecular complexity index is 2010. The number of hydrogen-bond acceptors (Lipinski definition) is 5. The first kappa shape index (κ1) is 30.0. The van der Waals surface area contributed by atoms with Crippen LogP contribution in [0, 0.1) is 18.2 Å². The molecule has 2 saturated heterocycles. The maximum atomic E-state index is 14.3. The van der Waals surface area contributed by atoms with Gasteiger partial charge in [0.25, 0.3) is 0 Å². The lowest BCUT2D eigenvalue weighted by molar-refractivity contribution is -0.157. The Labute approximate surface area is 271 Å². The number of furan rings is 1. The first-order chi connectivity index (χ1) is 22.9. The molecule has 0 radical (unpaired) electrons. The monoisotopic (exact) mass is 629 g/mol. The number of piperazine rings is 1. The van der Waals surface area contributed by atoms with Gasteiger partial charge in [-0.1, -0.05) is 66.6 Å². The molecule has 2 aliphatic heterocycles. The Morgan fingerprint density at radius 3 is 2.60 bits per heavy atom. The minimum Gasteiger partial charge on any atom is -0.464 e. The Balaban J connectivity index is 1.21. The van der Waals surface area contributed by atoms with Crippen molar-refractivity contribution in [1.82, 2.24) is 25.1 Å². The average Bonchev–Trinajstić information content (AvgIpc) is 3.68. The summed E-state index contributed by atoms with van der Waals surface area (Å²) in [5.41, 5.74) is 3.31. The van der Waals surface area contributed by atoms with Crippen molar-refractivity contribution in [3.63, 3.8) is 0 Å². The lowest BCUT2D eigenvalue weighted by atomic mass is 9.98. The Morgan fingerprint density at radius 2 is 1.77 bits per heavy atom. The molecule has 2 aliphatic rings. The number of hydrazine groups is 1. The fraction of sp³-hybridized carbons (Fsp3) is 0.216. The predicted molar refractivity (Wildman–Crippen MR) is 175 cm³/mol. The van der Waals surface area contributed by atoms with E-state index in [9.17, 15) is 18.8 Å². The Hall–Kier alpha value is -5.66. The first-order valence-corrected chi connectivity index (χ1v) is 15.4. The van der Waals surface area contributed by atoms with E-state index in [1.54, 1.807) is 33.2 Å². The summed E-state index contributed by atoms with van der Waals surface area (Å²) < 4.78 is 18.9. The van der Waals surface area contributed by atoms with Crippen LogP contribution in [-0.4, -0.2) is 69.5 Å². The number of terminal acetylenes is 1.